The Bertz CT molecular complexity index is 869. The first-order valence-electron chi connectivity index (χ1n) is 7.90. The molecule has 0 bridgehead atoms. The Morgan fingerprint density at radius 2 is 1.50 bits per heavy atom. The van der Waals surface area contributed by atoms with Gasteiger partial charge in [-0.25, -0.2) is 0 Å². The minimum absolute atomic E-state index is 0.0901. The second-order valence-corrected chi connectivity index (χ2v) is 6.52. The first-order chi connectivity index (χ1) is 12.2. The van der Waals surface area contributed by atoms with Crippen molar-refractivity contribution in [3.8, 4) is 5.75 Å². The van der Waals surface area contributed by atoms with Gasteiger partial charge < -0.3 is 10.4 Å². The number of carbonyl (C=O) groups excluding carboxylic acids is 1. The van der Waals surface area contributed by atoms with Crippen LogP contribution in [0.5, 0.6) is 5.75 Å². The molecular formula is C18H14F4N2O2. The minimum Gasteiger partial charge on any atom is -0.508 e. The number of carbonyl (C=O) groups is 1. The van der Waals surface area contributed by atoms with Gasteiger partial charge in [0.1, 0.15) is 5.75 Å². The van der Waals surface area contributed by atoms with Crippen molar-refractivity contribution in [2.45, 2.75) is 17.4 Å². The monoisotopic (exact) mass is 366 g/mol. The van der Waals surface area contributed by atoms with Crippen LogP contribution in [0.4, 0.5) is 23.2 Å². The normalized spacial score (nSPS) is 26.5. The molecule has 2 aliphatic heterocycles. The second-order valence-electron chi connectivity index (χ2n) is 6.52. The highest BCUT2D eigenvalue weighted by atomic mass is 19.3. The van der Waals surface area contributed by atoms with Gasteiger partial charge in [-0.1, -0.05) is 30.3 Å². The van der Waals surface area contributed by atoms with Crippen molar-refractivity contribution in [1.82, 2.24) is 4.90 Å². The number of para-hydroxylation sites is 1. The molecule has 26 heavy (non-hydrogen) atoms. The fraction of sp³-hybridized carbons (Fsp3) is 0.278. The van der Waals surface area contributed by atoms with Crippen molar-refractivity contribution in [3.05, 3.63) is 59.7 Å². The van der Waals surface area contributed by atoms with Crippen molar-refractivity contribution < 1.29 is 27.5 Å². The number of phenols is 1. The van der Waals surface area contributed by atoms with Crippen molar-refractivity contribution in [3.63, 3.8) is 0 Å². The Labute approximate surface area is 146 Å². The number of amides is 1. The number of halogens is 4. The lowest BCUT2D eigenvalue weighted by Crippen LogP contribution is -2.51. The number of hydrogen-bond donors (Lipinski definition) is 2. The number of aromatic hydroxyl groups is 1. The summed E-state index contributed by atoms with van der Waals surface area (Å²) in [5.41, 5.74) is -0.896. The van der Waals surface area contributed by atoms with Crippen molar-refractivity contribution in [2.75, 3.05) is 18.4 Å². The van der Waals surface area contributed by atoms with Crippen LogP contribution in [0.2, 0.25) is 0 Å². The molecule has 1 fully saturated rings. The Balaban J connectivity index is 1.96. The molecule has 2 N–H and O–H groups in total. The number of benzene rings is 2. The number of hydrogen-bond acceptors (Lipinski definition) is 3. The predicted molar refractivity (Wildman–Crippen MR) is 85.4 cm³/mol. The maximum absolute atomic E-state index is 13.9. The average molecular weight is 366 g/mol. The lowest BCUT2D eigenvalue weighted by Gasteiger charge is -2.37. The third-order valence-corrected chi connectivity index (χ3v) is 4.97. The van der Waals surface area contributed by atoms with E-state index >= 15 is 0 Å². The van der Waals surface area contributed by atoms with Crippen molar-refractivity contribution in [1.29, 1.82) is 0 Å². The summed E-state index contributed by atoms with van der Waals surface area (Å²) in [6.07, 6.45) is 0. The molecule has 1 atom stereocenters. The molecule has 1 amide bonds. The van der Waals surface area contributed by atoms with Gasteiger partial charge in [0.25, 0.3) is 5.91 Å². The molecule has 0 aliphatic carbocycles. The predicted octanol–water partition coefficient (Wildman–Crippen LogP) is 3.17. The molecule has 0 spiro atoms. The molecule has 136 valence electrons. The molecule has 0 radical (unpaired) electrons. The minimum atomic E-state index is -4.26. The Morgan fingerprint density at radius 1 is 0.923 bits per heavy atom. The van der Waals surface area contributed by atoms with Crippen LogP contribution in [-0.2, 0) is 10.3 Å². The van der Waals surface area contributed by atoms with Gasteiger partial charge in [0.05, 0.1) is 13.1 Å². The first-order valence-corrected chi connectivity index (χ1v) is 7.90. The lowest BCUT2D eigenvalue weighted by atomic mass is 9.82. The summed E-state index contributed by atoms with van der Waals surface area (Å²) in [7, 11) is 0. The average Bonchev–Trinajstić information content (AvgIpc) is 2.98. The van der Waals surface area contributed by atoms with Crippen LogP contribution in [0.3, 0.4) is 0 Å². The fourth-order valence-corrected chi connectivity index (χ4v) is 3.73. The molecular weight excluding hydrogens is 352 g/mol. The molecule has 8 heteroatoms. The van der Waals surface area contributed by atoms with Crippen LogP contribution in [0.1, 0.15) is 11.1 Å². The number of anilines is 1. The summed E-state index contributed by atoms with van der Waals surface area (Å²) >= 11 is 0. The van der Waals surface area contributed by atoms with Gasteiger partial charge >= 0.3 is 11.8 Å². The van der Waals surface area contributed by atoms with Gasteiger partial charge in [0.2, 0.25) is 0 Å². The van der Waals surface area contributed by atoms with Gasteiger partial charge in [-0.2, -0.15) is 17.6 Å². The first kappa shape index (κ1) is 16.8. The van der Waals surface area contributed by atoms with Crippen LogP contribution in [0.15, 0.2) is 48.5 Å². The highest BCUT2D eigenvalue weighted by molar-refractivity contribution is 6.08. The Kier molecular flexibility index (Phi) is 3.37. The SMILES string of the molecule is O=C1Nc2ccccc2C1(c1ccc(O)cc1)N1CC(F)(F)C(F)(F)C1. The molecule has 1 unspecified atom stereocenters. The summed E-state index contributed by atoms with van der Waals surface area (Å²) < 4.78 is 55.7. The number of nitrogens with zero attached hydrogens (tertiary/aromatic N) is 1. The zero-order valence-electron chi connectivity index (χ0n) is 13.3. The summed E-state index contributed by atoms with van der Waals surface area (Å²) in [5, 5.41) is 12.1. The fourth-order valence-electron chi connectivity index (χ4n) is 3.73. The number of nitrogens with one attached hydrogen (secondary N) is 1. The summed E-state index contributed by atoms with van der Waals surface area (Å²) in [6, 6.07) is 11.7. The van der Waals surface area contributed by atoms with Crippen molar-refractivity contribution in [2.24, 2.45) is 0 Å². The molecule has 0 aromatic heterocycles. The van der Waals surface area contributed by atoms with E-state index in [9.17, 15) is 27.5 Å². The summed E-state index contributed by atoms with van der Waals surface area (Å²) in [4.78, 5) is 13.8. The topological polar surface area (TPSA) is 52.6 Å². The zero-order valence-corrected chi connectivity index (χ0v) is 13.3. The van der Waals surface area contributed by atoms with Crippen LogP contribution in [0.25, 0.3) is 0 Å². The number of likely N-dealkylation sites (tertiary alicyclic amines) is 1. The molecule has 1 saturated heterocycles. The van der Waals surface area contributed by atoms with E-state index in [4.69, 9.17) is 0 Å². The largest absolute Gasteiger partial charge is 0.508 e. The molecule has 2 aliphatic rings. The second kappa shape index (κ2) is 5.20. The van der Waals surface area contributed by atoms with E-state index in [2.05, 4.69) is 5.32 Å². The van der Waals surface area contributed by atoms with E-state index in [-0.39, 0.29) is 11.3 Å². The van der Waals surface area contributed by atoms with Gasteiger partial charge in [0.15, 0.2) is 5.54 Å². The van der Waals surface area contributed by atoms with Gasteiger partial charge in [-0.15, -0.1) is 0 Å². The van der Waals surface area contributed by atoms with E-state index in [0.717, 1.165) is 4.90 Å². The highest BCUT2D eigenvalue weighted by Crippen LogP contribution is 2.52. The zero-order chi connectivity index (χ0) is 18.7. The lowest BCUT2D eigenvalue weighted by molar-refractivity contribution is -0.172. The van der Waals surface area contributed by atoms with E-state index < -0.39 is 36.4 Å². The third kappa shape index (κ3) is 2.08. The van der Waals surface area contributed by atoms with E-state index in [0.29, 0.717) is 11.3 Å². The molecule has 2 heterocycles. The Hall–Kier alpha value is -2.61. The highest BCUT2D eigenvalue weighted by Gasteiger charge is 2.68. The summed E-state index contributed by atoms with van der Waals surface area (Å²) in [5.74, 6) is -9.28. The molecule has 4 nitrogen and oxygen atoms in total. The number of fused-ring (bicyclic) bond motifs is 1. The van der Waals surface area contributed by atoms with E-state index in [1.54, 1.807) is 24.3 Å². The maximum atomic E-state index is 13.9. The van der Waals surface area contributed by atoms with Crippen LogP contribution in [0, 0.1) is 0 Å². The van der Waals surface area contributed by atoms with Gasteiger partial charge in [-0.05, 0) is 23.8 Å². The summed E-state index contributed by atoms with van der Waals surface area (Å²) in [6.45, 7) is -2.52. The van der Waals surface area contributed by atoms with E-state index in [1.165, 1.54) is 24.3 Å². The number of rotatable bonds is 2. The number of alkyl halides is 4. The molecule has 0 saturated carbocycles. The van der Waals surface area contributed by atoms with Crippen LogP contribution < -0.4 is 5.32 Å². The van der Waals surface area contributed by atoms with Crippen LogP contribution >= 0.6 is 0 Å². The van der Waals surface area contributed by atoms with Crippen molar-refractivity contribution >= 4 is 11.6 Å². The molecule has 4 rings (SSSR count). The van der Waals surface area contributed by atoms with Crippen LogP contribution in [-0.4, -0.2) is 40.8 Å². The van der Waals surface area contributed by atoms with Gasteiger partial charge in [0, 0.05) is 11.3 Å². The van der Waals surface area contributed by atoms with E-state index in [1.807, 2.05) is 0 Å². The third-order valence-electron chi connectivity index (χ3n) is 4.97. The number of phenolic OH excluding ortho intramolecular Hbond substituents is 1. The quantitative estimate of drug-likeness (QED) is 0.803. The molecule has 2 aromatic rings. The maximum Gasteiger partial charge on any atom is 0.323 e. The standard InChI is InChI=1S/C18H14F4N2O2/c19-16(20)9-24(10-17(16,21)22)18(11-5-7-12(25)8-6-11)13-3-1-2-4-14(13)23-15(18)26/h1-8,25H,9-10H2,(H,23,26). The smallest absolute Gasteiger partial charge is 0.323 e. The van der Waals surface area contributed by atoms with Gasteiger partial charge in [-0.3, -0.25) is 9.69 Å². The Morgan fingerprint density at radius 3 is 2.12 bits per heavy atom. The molecule has 2 aromatic carbocycles.